The molecule has 8 N–H and O–H groups in total. The number of aliphatic hydroxyl groups is 4. The van der Waals surface area contributed by atoms with Gasteiger partial charge >= 0.3 is 210 Å². The molecule has 13 heteroatoms. The van der Waals surface area contributed by atoms with Gasteiger partial charge < -0.3 is 31.3 Å². The number of primary amides is 1. The van der Waals surface area contributed by atoms with Crippen molar-refractivity contribution in [3.8, 4) is 5.75 Å². The number of nitrogens with one attached hydrogen (secondary N) is 1. The Labute approximate surface area is 355 Å². The van der Waals surface area contributed by atoms with Gasteiger partial charge in [0, 0.05) is 11.5 Å². The van der Waals surface area contributed by atoms with Crippen LogP contribution in [0.5, 0.6) is 5.75 Å². The van der Waals surface area contributed by atoms with Crippen LogP contribution >= 0.6 is 7.26 Å². The fraction of sp³-hybridized carbons (Fsp3) is 0.333. The van der Waals surface area contributed by atoms with Gasteiger partial charge in [0.05, 0.1) is 18.1 Å². The minimum Gasteiger partial charge on any atom is -0.510 e. The number of Topliss-reactive ketones (excluding diaryl/α,β-unsaturated/α-hetero) is 2. The standard InChI is InChI=1S/C48H54N3O9P/c1-28-35-32(25-26-33(52)37(35)42(54)38-36(28)43(55)40-41(51(2)3)44(56)39(47(49)59)46(58)48(40,60)45(38)57)50-34(53)24-16-5-4-6-17-27-61(29-18-10-7-11-19-29,30-20-12-8-13-21-30)31-22-14-9-15-23-31/h7-15,18-23,25-26,28,36,40-41,43,52,55-57,60-61H,4-6,16-17,24,27H2,1-3H3,(H2,49,59)(H,50,53)/t28-,36+,40+,41-,43-,48-/m0/s1. The normalized spacial score (nSPS) is 23.9. The summed E-state index contributed by atoms with van der Waals surface area (Å²) in [5, 5.41) is 64.8. The van der Waals surface area contributed by atoms with Crippen LogP contribution in [0.25, 0.3) is 0 Å². The van der Waals surface area contributed by atoms with E-state index < -0.39 is 88.7 Å². The van der Waals surface area contributed by atoms with Crippen molar-refractivity contribution in [2.75, 3.05) is 25.6 Å². The number of anilines is 1. The third-order valence-corrected chi connectivity index (χ3v) is 18.2. The summed E-state index contributed by atoms with van der Waals surface area (Å²) in [6, 6.07) is 33.7. The van der Waals surface area contributed by atoms with E-state index >= 15 is 0 Å². The number of carbonyl (C=O) groups is 4. The Morgan fingerprint density at radius 2 is 1.31 bits per heavy atom. The fourth-order valence-corrected chi connectivity index (χ4v) is 15.3. The van der Waals surface area contributed by atoms with Crippen molar-refractivity contribution in [3.05, 3.63) is 137 Å². The summed E-state index contributed by atoms with van der Waals surface area (Å²) in [6.07, 6.45) is 3.88. The Morgan fingerprint density at radius 3 is 1.84 bits per heavy atom. The minimum absolute atomic E-state index is 0.197. The Kier molecular flexibility index (Phi) is 12.4. The average molecular weight is 848 g/mol. The molecule has 3 aliphatic rings. The summed E-state index contributed by atoms with van der Waals surface area (Å²) >= 11 is 0. The van der Waals surface area contributed by atoms with Crippen LogP contribution in [-0.2, 0) is 14.4 Å². The summed E-state index contributed by atoms with van der Waals surface area (Å²) in [6.45, 7) is 1.64. The van der Waals surface area contributed by atoms with Crippen LogP contribution in [-0.4, -0.2) is 91.8 Å². The molecule has 0 fully saturated rings. The van der Waals surface area contributed by atoms with E-state index in [1.165, 1.54) is 47.0 Å². The number of rotatable bonds is 14. The molecule has 0 heterocycles. The second-order valence-corrected chi connectivity index (χ2v) is 20.8. The van der Waals surface area contributed by atoms with Crippen LogP contribution < -0.4 is 27.0 Å². The van der Waals surface area contributed by atoms with Crippen LogP contribution in [0.2, 0.25) is 0 Å². The van der Waals surface area contributed by atoms with Crippen molar-refractivity contribution in [2.45, 2.75) is 69.1 Å². The zero-order chi connectivity index (χ0) is 43.8. The molecule has 12 nitrogen and oxygen atoms in total. The minimum atomic E-state index is -3.01. The number of nitrogens with zero attached hydrogens (tertiary/aromatic N) is 1. The second-order valence-electron chi connectivity index (χ2n) is 16.8. The molecule has 0 saturated carbocycles. The van der Waals surface area contributed by atoms with E-state index in [0.717, 1.165) is 31.8 Å². The van der Waals surface area contributed by atoms with E-state index in [9.17, 15) is 44.7 Å². The Hall–Kier alpha value is -5.65. The average Bonchev–Trinajstić information content (AvgIpc) is 3.24. The van der Waals surface area contributed by atoms with Gasteiger partial charge in [-0.3, -0.25) is 19.3 Å². The molecule has 0 aliphatic heterocycles. The van der Waals surface area contributed by atoms with Gasteiger partial charge in [-0.2, -0.15) is 0 Å². The van der Waals surface area contributed by atoms with Gasteiger partial charge in [0.2, 0.25) is 5.78 Å². The van der Waals surface area contributed by atoms with Gasteiger partial charge in [-0.1, -0.05) is 6.92 Å². The molecule has 0 aromatic heterocycles. The first-order valence-corrected chi connectivity index (χ1v) is 23.0. The maximum atomic E-state index is 14.2. The predicted molar refractivity (Wildman–Crippen MR) is 238 cm³/mol. The van der Waals surface area contributed by atoms with E-state index in [-0.39, 0.29) is 29.1 Å². The van der Waals surface area contributed by atoms with Crippen molar-refractivity contribution in [3.63, 3.8) is 0 Å². The summed E-state index contributed by atoms with van der Waals surface area (Å²) < 4.78 is 0. The van der Waals surface area contributed by atoms with E-state index in [1.807, 2.05) is 0 Å². The van der Waals surface area contributed by atoms with Gasteiger partial charge in [0.25, 0.3) is 5.91 Å². The molecule has 4 aromatic rings. The first-order valence-electron chi connectivity index (χ1n) is 20.8. The number of fused-ring (bicyclic) bond motifs is 3. The van der Waals surface area contributed by atoms with Crippen LogP contribution in [0.15, 0.2) is 126 Å². The molecule has 4 aromatic carbocycles. The van der Waals surface area contributed by atoms with Crippen molar-refractivity contribution in [2.24, 2.45) is 17.6 Å². The first kappa shape index (κ1) is 43.4. The molecule has 3 aliphatic carbocycles. The smallest absolute Gasteiger partial charge is 0.510 e. The third kappa shape index (κ3) is 7.35. The molecule has 7 rings (SSSR count). The van der Waals surface area contributed by atoms with Crippen molar-refractivity contribution in [1.82, 2.24) is 4.90 Å². The number of ketones is 2. The molecular formula is C48H54N3O9P. The number of phenolic OH excluding ortho intramolecular Hbond substituents is 1. The van der Waals surface area contributed by atoms with E-state index in [1.54, 1.807) is 6.92 Å². The molecular weight excluding hydrogens is 794 g/mol. The topological polar surface area (TPSA) is 211 Å². The van der Waals surface area contributed by atoms with E-state index in [4.69, 9.17) is 5.73 Å². The Balaban J connectivity index is 1.05. The molecule has 2 amide bonds. The van der Waals surface area contributed by atoms with Gasteiger partial charge in [-0.15, -0.1) is 0 Å². The van der Waals surface area contributed by atoms with Crippen LogP contribution in [0.1, 0.15) is 67.3 Å². The molecule has 0 unspecified atom stereocenters. The number of aromatic hydroxyl groups is 1. The number of unbranched alkanes of at least 4 members (excludes halogenated alkanes) is 4. The number of phenols is 1. The zero-order valence-corrected chi connectivity index (χ0v) is 35.5. The van der Waals surface area contributed by atoms with Crippen LogP contribution in [0.4, 0.5) is 5.69 Å². The molecule has 61 heavy (non-hydrogen) atoms. The molecule has 6 atom stereocenters. The molecule has 0 saturated heterocycles. The van der Waals surface area contributed by atoms with Crippen molar-refractivity contribution in [1.29, 1.82) is 0 Å². The van der Waals surface area contributed by atoms with Crippen molar-refractivity contribution >= 4 is 52.2 Å². The quantitative estimate of drug-likeness (QED) is 0.0404. The molecule has 320 valence electrons. The van der Waals surface area contributed by atoms with Crippen LogP contribution in [0.3, 0.4) is 0 Å². The van der Waals surface area contributed by atoms with Crippen LogP contribution in [0, 0.1) is 11.8 Å². The number of carbonyl (C=O) groups excluding carboxylic acids is 4. The first-order chi connectivity index (χ1) is 29.2. The number of amides is 2. The molecule has 0 radical (unpaired) electrons. The fourth-order valence-electron chi connectivity index (χ4n) is 10.3. The summed E-state index contributed by atoms with van der Waals surface area (Å²) in [7, 11) is 0.623. The monoisotopic (exact) mass is 847 g/mol. The Morgan fingerprint density at radius 1 is 0.787 bits per heavy atom. The summed E-state index contributed by atoms with van der Waals surface area (Å²) in [4.78, 5) is 55.1. The number of benzene rings is 4. The van der Waals surface area contributed by atoms with Gasteiger partial charge in [-0.05, 0) is 14.1 Å². The Bertz CT molecular complexity index is 2310. The van der Waals surface area contributed by atoms with Gasteiger partial charge in [0.1, 0.15) is 22.8 Å². The third-order valence-electron chi connectivity index (χ3n) is 13.1. The number of nitrogens with two attached hydrogens (primary N) is 1. The second kappa shape index (κ2) is 17.4. The number of hydrogen-bond donors (Lipinski definition) is 7. The van der Waals surface area contributed by atoms with E-state index in [0.29, 0.717) is 6.42 Å². The summed E-state index contributed by atoms with van der Waals surface area (Å²) in [5.41, 5.74) is 1.11. The molecule has 0 bridgehead atoms. The predicted octanol–water partition coefficient (Wildman–Crippen LogP) is 4.66. The maximum absolute atomic E-state index is 14.2. The van der Waals surface area contributed by atoms with E-state index in [2.05, 4.69) is 96.3 Å². The number of hydrogen-bond acceptors (Lipinski definition) is 10. The zero-order valence-electron chi connectivity index (χ0n) is 34.5. The molecule has 0 spiro atoms. The van der Waals surface area contributed by atoms with Crippen molar-refractivity contribution < 1.29 is 44.7 Å². The van der Waals surface area contributed by atoms with Gasteiger partial charge in [0.15, 0.2) is 11.4 Å². The number of aliphatic hydroxyl groups excluding tert-OH is 3. The number of likely N-dealkylation sites (N-methyl/N-ethyl adjacent to an activating group) is 1. The van der Waals surface area contributed by atoms with Gasteiger partial charge in [-0.25, -0.2) is 0 Å². The summed E-state index contributed by atoms with van der Waals surface area (Å²) in [5.74, 6) is -10.2. The SMILES string of the molecule is C[C@H]1c2c(NC(=O)CCCCCCC[PH](c3ccccc3)(c3ccccc3)c3ccccc3)ccc(O)c2C(=O)C2=C(O)[C@]3(O)C(=O)C(C(N)=O)=C(O)[C@@H](N(C)C)[C@@H]3[C@@H](O)[C@@H]21.